The van der Waals surface area contributed by atoms with E-state index in [4.69, 9.17) is 4.74 Å². The molecule has 104 valence electrons. The van der Waals surface area contributed by atoms with Crippen molar-refractivity contribution in [1.82, 2.24) is 0 Å². The van der Waals surface area contributed by atoms with E-state index in [9.17, 15) is 14.7 Å². The molecule has 3 aliphatic rings. The Hall–Kier alpha value is -1.16. The zero-order valence-corrected chi connectivity index (χ0v) is 11.5. The fourth-order valence-corrected chi connectivity index (χ4v) is 4.07. The van der Waals surface area contributed by atoms with Gasteiger partial charge in [-0.25, -0.2) is 4.79 Å². The first-order valence-corrected chi connectivity index (χ1v) is 6.93. The van der Waals surface area contributed by atoms with Crippen LogP contribution in [0.2, 0.25) is 0 Å². The van der Waals surface area contributed by atoms with E-state index in [1.165, 1.54) is 0 Å². The Bertz CT molecular complexity index is 488. The fraction of sp³-hybridized carbons (Fsp3) is 0.733. The number of carbonyl (C=O) groups is 2. The van der Waals surface area contributed by atoms with Crippen molar-refractivity contribution in [3.05, 3.63) is 11.1 Å². The molecule has 0 aromatic rings. The highest BCUT2D eigenvalue weighted by Crippen LogP contribution is 2.60. The minimum Gasteiger partial charge on any atom is -0.461 e. The van der Waals surface area contributed by atoms with Gasteiger partial charge in [-0.1, -0.05) is 13.8 Å². The molecule has 2 fully saturated rings. The fourth-order valence-electron chi connectivity index (χ4n) is 4.07. The second-order valence-corrected chi connectivity index (χ2v) is 6.91. The van der Waals surface area contributed by atoms with E-state index in [-0.39, 0.29) is 29.1 Å². The second kappa shape index (κ2) is 3.92. The van der Waals surface area contributed by atoms with E-state index < -0.39 is 5.97 Å². The van der Waals surface area contributed by atoms with Gasteiger partial charge in [-0.3, -0.25) is 4.79 Å². The molecular formula is C15H20O4. The predicted molar refractivity (Wildman–Crippen MR) is 68.2 cm³/mol. The number of ether oxygens (including phenoxy) is 1. The summed E-state index contributed by atoms with van der Waals surface area (Å²) in [5.41, 5.74) is 1.13. The van der Waals surface area contributed by atoms with Crippen LogP contribution in [0.4, 0.5) is 0 Å². The van der Waals surface area contributed by atoms with Crippen LogP contribution < -0.4 is 0 Å². The number of cyclic esters (lactones) is 1. The van der Waals surface area contributed by atoms with Crippen LogP contribution in [0.3, 0.4) is 0 Å². The SMILES string of the molecule is CC1(C)CC(=O)C(C23CCC2=C(CO)C(=O)OC3)C1. The van der Waals surface area contributed by atoms with Crippen molar-refractivity contribution < 1.29 is 19.4 Å². The lowest BCUT2D eigenvalue weighted by Crippen LogP contribution is -2.50. The molecule has 0 aromatic heterocycles. The summed E-state index contributed by atoms with van der Waals surface area (Å²) >= 11 is 0. The van der Waals surface area contributed by atoms with Crippen LogP contribution in [-0.2, 0) is 14.3 Å². The van der Waals surface area contributed by atoms with Gasteiger partial charge in [-0.05, 0) is 30.3 Å². The number of rotatable bonds is 2. The summed E-state index contributed by atoms with van der Waals surface area (Å²) in [4.78, 5) is 24.0. The minimum absolute atomic E-state index is 0.0397. The normalized spacial score (nSPS) is 36.9. The molecule has 0 saturated heterocycles. The molecule has 0 bridgehead atoms. The van der Waals surface area contributed by atoms with Gasteiger partial charge in [0.25, 0.3) is 0 Å². The maximum Gasteiger partial charge on any atom is 0.336 e. The molecule has 2 atom stereocenters. The Morgan fingerprint density at radius 3 is 2.58 bits per heavy atom. The molecular weight excluding hydrogens is 244 g/mol. The Kier molecular flexibility index (Phi) is 2.65. The van der Waals surface area contributed by atoms with Gasteiger partial charge < -0.3 is 9.84 Å². The average molecular weight is 264 g/mol. The van der Waals surface area contributed by atoms with E-state index in [2.05, 4.69) is 13.8 Å². The second-order valence-electron chi connectivity index (χ2n) is 6.91. The number of Topliss-reactive ketones (excluding diaryl/α,β-unsaturated/α-hetero) is 1. The van der Waals surface area contributed by atoms with Crippen molar-refractivity contribution in [1.29, 1.82) is 0 Å². The number of hydrogen-bond donors (Lipinski definition) is 1. The highest BCUT2D eigenvalue weighted by atomic mass is 16.5. The monoisotopic (exact) mass is 264 g/mol. The zero-order valence-electron chi connectivity index (χ0n) is 11.5. The summed E-state index contributed by atoms with van der Waals surface area (Å²) < 4.78 is 5.24. The Labute approximate surface area is 112 Å². The molecule has 4 heteroatoms. The molecule has 1 aliphatic heterocycles. The predicted octanol–water partition coefficient (Wildman–Crippen LogP) is 1.62. The zero-order chi connectivity index (χ0) is 13.8. The molecule has 4 nitrogen and oxygen atoms in total. The molecule has 2 unspecified atom stereocenters. The topological polar surface area (TPSA) is 63.6 Å². The Balaban J connectivity index is 1.99. The van der Waals surface area contributed by atoms with Crippen LogP contribution in [0.15, 0.2) is 11.1 Å². The van der Waals surface area contributed by atoms with Gasteiger partial charge in [0.15, 0.2) is 0 Å². The van der Waals surface area contributed by atoms with Gasteiger partial charge >= 0.3 is 5.97 Å². The molecule has 2 aliphatic carbocycles. The summed E-state index contributed by atoms with van der Waals surface area (Å²) in [7, 11) is 0. The van der Waals surface area contributed by atoms with Crippen molar-refractivity contribution >= 4 is 11.8 Å². The van der Waals surface area contributed by atoms with Crippen molar-refractivity contribution in [2.75, 3.05) is 13.2 Å². The number of esters is 1. The quantitative estimate of drug-likeness (QED) is 0.770. The number of fused-ring (bicyclic) bond motifs is 1. The number of hydrogen-bond acceptors (Lipinski definition) is 4. The third kappa shape index (κ3) is 1.69. The molecule has 0 aromatic carbocycles. The molecule has 1 N–H and O–H groups in total. The summed E-state index contributed by atoms with van der Waals surface area (Å²) in [5.74, 6) is -0.157. The van der Waals surface area contributed by atoms with Gasteiger partial charge in [-0.2, -0.15) is 0 Å². The summed E-state index contributed by atoms with van der Waals surface area (Å²) in [6, 6.07) is 0. The lowest BCUT2D eigenvalue weighted by atomic mass is 9.55. The number of ketones is 1. The van der Waals surface area contributed by atoms with Crippen molar-refractivity contribution in [3.63, 3.8) is 0 Å². The lowest BCUT2D eigenvalue weighted by Gasteiger charge is -2.51. The van der Waals surface area contributed by atoms with E-state index in [1.807, 2.05) is 0 Å². The average Bonchev–Trinajstić information content (AvgIpc) is 2.57. The Morgan fingerprint density at radius 1 is 1.37 bits per heavy atom. The Morgan fingerprint density at radius 2 is 2.11 bits per heavy atom. The third-order valence-corrected chi connectivity index (χ3v) is 5.12. The van der Waals surface area contributed by atoms with Gasteiger partial charge in [0.2, 0.25) is 0 Å². The molecule has 1 heterocycles. The number of aliphatic hydroxyl groups is 1. The molecule has 0 amide bonds. The van der Waals surface area contributed by atoms with Crippen LogP contribution in [-0.4, -0.2) is 30.1 Å². The van der Waals surface area contributed by atoms with Gasteiger partial charge in [0, 0.05) is 17.8 Å². The smallest absolute Gasteiger partial charge is 0.336 e. The van der Waals surface area contributed by atoms with Gasteiger partial charge in [-0.15, -0.1) is 0 Å². The van der Waals surface area contributed by atoms with Crippen molar-refractivity contribution in [2.24, 2.45) is 16.7 Å². The number of carbonyl (C=O) groups excluding carboxylic acids is 2. The first kappa shape index (κ1) is 12.9. The summed E-state index contributed by atoms with van der Waals surface area (Å²) in [6.45, 7) is 4.27. The third-order valence-electron chi connectivity index (χ3n) is 5.12. The maximum atomic E-state index is 12.3. The van der Waals surface area contributed by atoms with Crippen molar-refractivity contribution in [2.45, 2.75) is 39.5 Å². The van der Waals surface area contributed by atoms with Crippen LogP contribution in [0, 0.1) is 16.7 Å². The lowest BCUT2D eigenvalue weighted by molar-refractivity contribution is -0.151. The minimum atomic E-state index is -0.405. The van der Waals surface area contributed by atoms with Crippen LogP contribution in [0.25, 0.3) is 0 Å². The maximum absolute atomic E-state index is 12.3. The first-order chi connectivity index (χ1) is 8.89. The van der Waals surface area contributed by atoms with E-state index in [0.29, 0.717) is 18.6 Å². The van der Waals surface area contributed by atoms with Crippen LogP contribution in [0.1, 0.15) is 39.5 Å². The highest BCUT2D eigenvalue weighted by molar-refractivity contribution is 5.93. The van der Waals surface area contributed by atoms with Crippen LogP contribution in [0.5, 0.6) is 0 Å². The standard InChI is InChI=1S/C15H20O4/c1-14(2)5-11(12(17)6-14)15-4-3-10(15)9(7-16)13(18)19-8-15/h11,16H,3-8H2,1-2H3. The largest absolute Gasteiger partial charge is 0.461 e. The summed E-state index contributed by atoms with van der Waals surface area (Å²) in [5, 5.41) is 9.37. The summed E-state index contributed by atoms with van der Waals surface area (Å²) in [6.07, 6.45) is 3.17. The molecule has 2 saturated carbocycles. The van der Waals surface area contributed by atoms with Gasteiger partial charge in [0.1, 0.15) is 12.4 Å². The van der Waals surface area contributed by atoms with Gasteiger partial charge in [0.05, 0.1) is 12.2 Å². The molecule has 19 heavy (non-hydrogen) atoms. The van der Waals surface area contributed by atoms with Crippen LogP contribution >= 0.6 is 0 Å². The highest BCUT2D eigenvalue weighted by Gasteiger charge is 2.58. The number of aliphatic hydroxyl groups excluding tert-OH is 1. The van der Waals surface area contributed by atoms with E-state index >= 15 is 0 Å². The molecule has 3 rings (SSSR count). The van der Waals surface area contributed by atoms with Crippen molar-refractivity contribution in [3.8, 4) is 0 Å². The van der Waals surface area contributed by atoms with E-state index in [1.54, 1.807) is 0 Å². The van der Waals surface area contributed by atoms with E-state index in [0.717, 1.165) is 24.8 Å². The first-order valence-electron chi connectivity index (χ1n) is 6.93. The molecule has 0 radical (unpaired) electrons. The molecule has 0 spiro atoms.